The molecule has 196 valence electrons. The average Bonchev–Trinajstić information content (AvgIpc) is 3.24. The molecule has 2 saturated heterocycles. The number of aliphatic hydroxyl groups excluding tert-OH is 1. The van der Waals surface area contributed by atoms with E-state index in [1.54, 1.807) is 6.07 Å². The van der Waals surface area contributed by atoms with Crippen molar-refractivity contribution in [3.63, 3.8) is 0 Å². The third kappa shape index (κ3) is 4.68. The highest BCUT2D eigenvalue weighted by molar-refractivity contribution is 5.94. The summed E-state index contributed by atoms with van der Waals surface area (Å²) in [6.45, 7) is 8.77. The van der Waals surface area contributed by atoms with Crippen molar-refractivity contribution in [2.45, 2.75) is 57.6 Å². The van der Waals surface area contributed by atoms with Gasteiger partial charge < -0.3 is 19.3 Å². The Kier molecular flexibility index (Phi) is 6.52. The monoisotopic (exact) mass is 506 g/mol. The fraction of sp³-hybridized carbons (Fsp3) is 0.517. The first-order valence-electron chi connectivity index (χ1n) is 13.2. The number of morpholine rings is 1. The van der Waals surface area contributed by atoms with E-state index in [0.717, 1.165) is 54.7 Å². The lowest BCUT2D eigenvalue weighted by Crippen LogP contribution is -2.65. The number of cyclic esters (lactones) is 2. The number of aliphatic hydroxyl groups is 1. The molecule has 2 fully saturated rings. The lowest BCUT2D eigenvalue weighted by Gasteiger charge is -2.50. The number of nitrogens with zero attached hydrogens (tertiary/aromatic N) is 2. The Morgan fingerprint density at radius 1 is 1.05 bits per heavy atom. The predicted octanol–water partition coefficient (Wildman–Crippen LogP) is 2.43. The summed E-state index contributed by atoms with van der Waals surface area (Å²) < 4.78 is 16.4. The Balaban J connectivity index is 1.09. The Bertz CT molecular complexity index is 1220. The highest BCUT2D eigenvalue weighted by Crippen LogP contribution is 2.31. The third-order valence-corrected chi connectivity index (χ3v) is 8.37. The van der Waals surface area contributed by atoms with Gasteiger partial charge in [0.05, 0.1) is 30.4 Å². The summed E-state index contributed by atoms with van der Waals surface area (Å²) in [4.78, 5) is 28.9. The number of carbonyl (C=O) groups is 2. The van der Waals surface area contributed by atoms with Crippen LogP contribution in [0.5, 0.6) is 0 Å². The van der Waals surface area contributed by atoms with Crippen LogP contribution in [0.2, 0.25) is 0 Å². The van der Waals surface area contributed by atoms with Gasteiger partial charge in [0.2, 0.25) is 0 Å². The minimum absolute atomic E-state index is 0.0746. The second-order valence-corrected chi connectivity index (χ2v) is 10.9. The maximum Gasteiger partial charge on any atom is 0.338 e. The molecule has 2 bridgehead atoms. The molecule has 0 saturated carbocycles. The zero-order valence-electron chi connectivity index (χ0n) is 21.4. The molecule has 0 aliphatic carbocycles. The maximum atomic E-state index is 12.1. The summed E-state index contributed by atoms with van der Waals surface area (Å²) in [5, 5.41) is 11.2. The molecule has 8 nitrogen and oxygen atoms in total. The SMILES string of the molecule is Cc1c([C@@H](O)CN2[C@H]3COC[C@H]2CN(CCc2ccc4c(c2)C[C@@H](C)OC4=O)C3)ccc2c1COC2=O. The minimum Gasteiger partial charge on any atom is -0.459 e. The molecule has 4 aliphatic heterocycles. The van der Waals surface area contributed by atoms with E-state index < -0.39 is 6.10 Å². The van der Waals surface area contributed by atoms with Gasteiger partial charge in [0.25, 0.3) is 0 Å². The summed E-state index contributed by atoms with van der Waals surface area (Å²) in [6.07, 6.45) is 0.980. The molecule has 8 heteroatoms. The van der Waals surface area contributed by atoms with E-state index >= 15 is 0 Å². The van der Waals surface area contributed by atoms with Crippen molar-refractivity contribution in [2.24, 2.45) is 0 Å². The zero-order valence-corrected chi connectivity index (χ0v) is 21.4. The molecule has 4 atom stereocenters. The van der Waals surface area contributed by atoms with E-state index in [2.05, 4.69) is 15.9 Å². The quantitative estimate of drug-likeness (QED) is 0.598. The largest absolute Gasteiger partial charge is 0.459 e. The van der Waals surface area contributed by atoms with Crippen LogP contribution in [0.4, 0.5) is 0 Å². The summed E-state index contributed by atoms with van der Waals surface area (Å²) in [5.41, 5.74) is 6.34. The summed E-state index contributed by atoms with van der Waals surface area (Å²) >= 11 is 0. The van der Waals surface area contributed by atoms with Crippen LogP contribution < -0.4 is 0 Å². The minimum atomic E-state index is -0.639. The van der Waals surface area contributed by atoms with Crippen LogP contribution in [-0.2, 0) is 33.7 Å². The molecule has 0 amide bonds. The van der Waals surface area contributed by atoms with Crippen LogP contribution in [0, 0.1) is 6.92 Å². The lowest BCUT2D eigenvalue weighted by atomic mass is 9.94. The fourth-order valence-corrected chi connectivity index (χ4v) is 6.38. The number of hydrogen-bond acceptors (Lipinski definition) is 8. The molecule has 2 aromatic rings. The van der Waals surface area contributed by atoms with Gasteiger partial charge in [-0.25, -0.2) is 9.59 Å². The van der Waals surface area contributed by atoms with Gasteiger partial charge in [0.1, 0.15) is 12.7 Å². The molecular weight excluding hydrogens is 472 g/mol. The van der Waals surface area contributed by atoms with Crippen LogP contribution in [0.15, 0.2) is 30.3 Å². The number of carbonyl (C=O) groups excluding carboxylic acids is 2. The maximum absolute atomic E-state index is 12.1. The topological polar surface area (TPSA) is 88.5 Å². The molecule has 2 aromatic carbocycles. The Morgan fingerprint density at radius 3 is 2.59 bits per heavy atom. The summed E-state index contributed by atoms with van der Waals surface area (Å²) in [7, 11) is 0. The first kappa shape index (κ1) is 24.6. The lowest BCUT2D eigenvalue weighted by molar-refractivity contribution is -0.108. The normalized spacial score (nSPS) is 26.3. The number of hydrogen-bond donors (Lipinski definition) is 1. The van der Waals surface area contributed by atoms with Gasteiger partial charge in [-0.2, -0.15) is 0 Å². The number of esters is 2. The van der Waals surface area contributed by atoms with Crippen LogP contribution >= 0.6 is 0 Å². The van der Waals surface area contributed by atoms with E-state index in [0.29, 0.717) is 30.9 Å². The molecule has 4 aliphatic rings. The van der Waals surface area contributed by atoms with E-state index in [9.17, 15) is 14.7 Å². The van der Waals surface area contributed by atoms with Crippen molar-refractivity contribution in [3.05, 3.63) is 69.3 Å². The number of piperazine rings is 1. The highest BCUT2D eigenvalue weighted by atomic mass is 16.5. The van der Waals surface area contributed by atoms with Crippen LogP contribution in [0.1, 0.15) is 61.6 Å². The number of benzene rings is 2. The average molecular weight is 507 g/mol. The van der Waals surface area contributed by atoms with Gasteiger partial charge in [-0.3, -0.25) is 9.80 Å². The van der Waals surface area contributed by atoms with Crippen LogP contribution in [0.25, 0.3) is 0 Å². The van der Waals surface area contributed by atoms with E-state index in [4.69, 9.17) is 14.2 Å². The van der Waals surface area contributed by atoms with Gasteiger partial charge in [-0.1, -0.05) is 18.2 Å². The third-order valence-electron chi connectivity index (χ3n) is 8.37. The molecule has 4 heterocycles. The standard InChI is InChI=1S/C29H34N2O6/c1-17-9-20-10-19(3-4-24(20)29(34)37-17)7-8-30-11-21-14-35-15-22(12-30)31(21)13-27(32)23-5-6-25-26(18(23)2)16-36-28(25)33/h3-6,10,17,21-22,27,32H,7-9,11-16H2,1-2H3/t17-,21-,22-,27+/m1/s1. The van der Waals surface area contributed by atoms with Crippen molar-refractivity contribution in [1.29, 1.82) is 0 Å². The van der Waals surface area contributed by atoms with Crippen LogP contribution in [-0.4, -0.2) is 84.4 Å². The zero-order chi connectivity index (χ0) is 25.7. The molecule has 0 aromatic heterocycles. The summed E-state index contributed by atoms with van der Waals surface area (Å²) in [5.74, 6) is -0.502. The molecule has 0 spiro atoms. The van der Waals surface area contributed by atoms with Gasteiger partial charge in [-0.15, -0.1) is 0 Å². The van der Waals surface area contributed by atoms with E-state index in [1.165, 1.54) is 5.56 Å². The second kappa shape index (κ2) is 9.83. The van der Waals surface area contributed by atoms with Crippen molar-refractivity contribution < 1.29 is 28.9 Å². The molecule has 37 heavy (non-hydrogen) atoms. The number of rotatable bonds is 6. The van der Waals surface area contributed by atoms with Gasteiger partial charge in [0.15, 0.2) is 0 Å². The first-order valence-corrected chi connectivity index (χ1v) is 13.2. The number of ether oxygens (including phenoxy) is 3. The van der Waals surface area contributed by atoms with E-state index in [-0.39, 0.29) is 36.7 Å². The molecule has 0 radical (unpaired) electrons. The van der Waals surface area contributed by atoms with Gasteiger partial charge in [-0.05, 0) is 54.7 Å². The number of fused-ring (bicyclic) bond motifs is 4. The van der Waals surface area contributed by atoms with Crippen LogP contribution in [0.3, 0.4) is 0 Å². The van der Waals surface area contributed by atoms with Gasteiger partial charge >= 0.3 is 11.9 Å². The molecule has 0 unspecified atom stereocenters. The Hall–Kier alpha value is -2.78. The van der Waals surface area contributed by atoms with Crippen molar-refractivity contribution >= 4 is 11.9 Å². The molecule has 1 N–H and O–H groups in total. The molecule has 6 rings (SSSR count). The van der Waals surface area contributed by atoms with Crippen molar-refractivity contribution in [1.82, 2.24) is 9.80 Å². The Morgan fingerprint density at radius 2 is 1.81 bits per heavy atom. The van der Waals surface area contributed by atoms with Gasteiger partial charge in [0, 0.05) is 50.2 Å². The summed E-state index contributed by atoms with van der Waals surface area (Å²) in [6, 6.07) is 10.2. The first-order chi connectivity index (χ1) is 17.9. The predicted molar refractivity (Wildman–Crippen MR) is 136 cm³/mol. The highest BCUT2D eigenvalue weighted by Gasteiger charge is 2.39. The second-order valence-electron chi connectivity index (χ2n) is 10.9. The smallest absolute Gasteiger partial charge is 0.338 e. The Labute approximate surface area is 217 Å². The molecular formula is C29H34N2O6. The van der Waals surface area contributed by atoms with Crippen molar-refractivity contribution in [2.75, 3.05) is 39.4 Å². The fourth-order valence-electron chi connectivity index (χ4n) is 6.38. The van der Waals surface area contributed by atoms with Crippen molar-refractivity contribution in [3.8, 4) is 0 Å². The van der Waals surface area contributed by atoms with E-state index in [1.807, 2.05) is 32.0 Å².